The molecular weight excluding hydrogens is 262 g/mol. The molecule has 3 nitrogen and oxygen atoms in total. The number of rotatable bonds is 3. The van der Waals surface area contributed by atoms with Gasteiger partial charge in [-0.2, -0.15) is 0 Å². The fourth-order valence-electron chi connectivity index (χ4n) is 3.07. The molecule has 0 bridgehead atoms. The van der Waals surface area contributed by atoms with Gasteiger partial charge >= 0.3 is 0 Å². The van der Waals surface area contributed by atoms with Crippen molar-refractivity contribution in [3.05, 3.63) is 48.0 Å². The Kier molecular flexibility index (Phi) is 4.00. The van der Waals surface area contributed by atoms with Gasteiger partial charge in [-0.25, -0.2) is 0 Å². The minimum absolute atomic E-state index is 0.00946. The van der Waals surface area contributed by atoms with Gasteiger partial charge in [0.25, 0.3) is 0 Å². The van der Waals surface area contributed by atoms with E-state index in [2.05, 4.69) is 18.2 Å². The summed E-state index contributed by atoms with van der Waals surface area (Å²) in [6, 6.07) is 14.2. The molecule has 0 aromatic heterocycles. The van der Waals surface area contributed by atoms with Gasteiger partial charge in [0.05, 0.1) is 6.42 Å². The summed E-state index contributed by atoms with van der Waals surface area (Å²) in [4.78, 5) is 25.2. The maximum atomic E-state index is 12.5. The Balaban J connectivity index is 1.78. The van der Waals surface area contributed by atoms with Gasteiger partial charge in [-0.1, -0.05) is 42.5 Å². The molecule has 1 saturated heterocycles. The van der Waals surface area contributed by atoms with Crippen LogP contribution in [0.5, 0.6) is 0 Å². The Hall–Kier alpha value is -2.16. The second-order valence-corrected chi connectivity index (χ2v) is 5.69. The van der Waals surface area contributed by atoms with Gasteiger partial charge in [0.15, 0.2) is 0 Å². The van der Waals surface area contributed by atoms with E-state index < -0.39 is 0 Å². The lowest BCUT2D eigenvalue weighted by atomic mass is 9.98. The molecule has 0 spiro atoms. The molecule has 0 saturated carbocycles. The van der Waals surface area contributed by atoms with Crippen LogP contribution in [0.15, 0.2) is 42.5 Å². The van der Waals surface area contributed by atoms with Crippen LogP contribution < -0.4 is 0 Å². The van der Waals surface area contributed by atoms with Gasteiger partial charge in [0.2, 0.25) is 5.91 Å². The normalized spacial score (nSPS) is 18.7. The molecule has 1 amide bonds. The van der Waals surface area contributed by atoms with Gasteiger partial charge < -0.3 is 9.69 Å². The Morgan fingerprint density at radius 2 is 2.00 bits per heavy atom. The first-order valence-electron chi connectivity index (χ1n) is 7.47. The molecule has 21 heavy (non-hydrogen) atoms. The Morgan fingerprint density at radius 3 is 2.86 bits per heavy atom. The molecule has 2 aromatic rings. The molecule has 0 N–H and O–H groups in total. The molecule has 1 atom stereocenters. The highest BCUT2D eigenvalue weighted by atomic mass is 16.2. The summed E-state index contributed by atoms with van der Waals surface area (Å²) >= 11 is 0. The lowest BCUT2D eigenvalue weighted by molar-refractivity contribution is -0.132. The number of aldehydes is 1. The van der Waals surface area contributed by atoms with Crippen molar-refractivity contribution >= 4 is 23.0 Å². The zero-order chi connectivity index (χ0) is 14.7. The number of likely N-dealkylation sites (tertiary alicyclic amines) is 1. The fourth-order valence-corrected chi connectivity index (χ4v) is 3.07. The average molecular weight is 281 g/mol. The van der Waals surface area contributed by atoms with Gasteiger partial charge in [-0.3, -0.25) is 4.79 Å². The van der Waals surface area contributed by atoms with Crippen LogP contribution in [0.3, 0.4) is 0 Å². The molecule has 1 aliphatic heterocycles. The summed E-state index contributed by atoms with van der Waals surface area (Å²) in [6.45, 7) is 1.35. The summed E-state index contributed by atoms with van der Waals surface area (Å²) in [5.41, 5.74) is 1.06. The van der Waals surface area contributed by atoms with E-state index in [-0.39, 0.29) is 11.8 Å². The van der Waals surface area contributed by atoms with Crippen LogP contribution in [0.1, 0.15) is 18.4 Å². The second kappa shape index (κ2) is 6.08. The quantitative estimate of drug-likeness (QED) is 0.811. The zero-order valence-corrected chi connectivity index (χ0v) is 12.0. The molecular formula is C18H19NO2. The van der Waals surface area contributed by atoms with Gasteiger partial charge in [0, 0.05) is 19.0 Å². The van der Waals surface area contributed by atoms with Crippen LogP contribution in [-0.4, -0.2) is 30.2 Å². The second-order valence-electron chi connectivity index (χ2n) is 5.69. The Morgan fingerprint density at radius 1 is 1.19 bits per heavy atom. The third kappa shape index (κ3) is 2.97. The van der Waals surface area contributed by atoms with Crippen molar-refractivity contribution in [2.24, 2.45) is 5.92 Å². The number of hydrogen-bond donors (Lipinski definition) is 0. The number of nitrogens with zero attached hydrogens (tertiary/aromatic N) is 1. The van der Waals surface area contributed by atoms with E-state index in [1.165, 1.54) is 0 Å². The van der Waals surface area contributed by atoms with Crippen LogP contribution in [-0.2, 0) is 16.0 Å². The highest BCUT2D eigenvalue weighted by molar-refractivity contribution is 5.90. The van der Waals surface area contributed by atoms with Crippen LogP contribution in [0.4, 0.5) is 0 Å². The number of benzene rings is 2. The molecule has 1 fully saturated rings. The van der Waals surface area contributed by atoms with Crippen LogP contribution in [0, 0.1) is 5.92 Å². The largest absolute Gasteiger partial charge is 0.342 e. The Bertz CT molecular complexity index is 660. The van der Waals surface area contributed by atoms with E-state index in [9.17, 15) is 9.59 Å². The zero-order valence-electron chi connectivity index (χ0n) is 12.0. The van der Waals surface area contributed by atoms with Crippen molar-refractivity contribution in [2.75, 3.05) is 13.1 Å². The monoisotopic (exact) mass is 281 g/mol. The van der Waals surface area contributed by atoms with Crippen molar-refractivity contribution in [2.45, 2.75) is 19.3 Å². The van der Waals surface area contributed by atoms with Crippen molar-refractivity contribution in [1.29, 1.82) is 0 Å². The lowest BCUT2D eigenvalue weighted by Crippen LogP contribution is -2.41. The standard InChI is InChI=1S/C18H19NO2/c20-13-14-5-4-10-19(12-14)18(21)11-16-8-3-7-15-6-1-2-9-17(15)16/h1-3,6-9,13-14H,4-5,10-12H2. The third-order valence-electron chi connectivity index (χ3n) is 4.22. The van der Waals surface area contributed by atoms with E-state index in [1.807, 2.05) is 29.2 Å². The molecule has 1 unspecified atom stereocenters. The van der Waals surface area contributed by atoms with E-state index in [4.69, 9.17) is 0 Å². The number of amides is 1. The lowest BCUT2D eigenvalue weighted by Gasteiger charge is -2.30. The number of piperidine rings is 1. The molecule has 2 aromatic carbocycles. The summed E-state index contributed by atoms with van der Waals surface area (Å²) in [7, 11) is 0. The summed E-state index contributed by atoms with van der Waals surface area (Å²) in [5.74, 6) is 0.133. The van der Waals surface area contributed by atoms with E-state index in [1.54, 1.807) is 0 Å². The average Bonchev–Trinajstić information content (AvgIpc) is 2.55. The minimum atomic E-state index is 0.00946. The number of hydrogen-bond acceptors (Lipinski definition) is 2. The van der Waals surface area contributed by atoms with Gasteiger partial charge in [0.1, 0.15) is 6.29 Å². The predicted molar refractivity (Wildman–Crippen MR) is 83.0 cm³/mol. The predicted octanol–water partition coefficient (Wildman–Crippen LogP) is 2.82. The highest BCUT2D eigenvalue weighted by Crippen LogP contribution is 2.21. The third-order valence-corrected chi connectivity index (χ3v) is 4.22. The maximum Gasteiger partial charge on any atom is 0.227 e. The molecule has 1 heterocycles. The SMILES string of the molecule is O=CC1CCCN(C(=O)Cc2cccc3ccccc23)C1. The number of carbonyl (C=O) groups is 2. The van der Waals surface area contributed by atoms with E-state index in [0.29, 0.717) is 13.0 Å². The molecule has 0 aliphatic carbocycles. The van der Waals surface area contributed by atoms with E-state index >= 15 is 0 Å². The Labute approximate surface area is 124 Å². The number of carbonyl (C=O) groups excluding carboxylic acids is 2. The van der Waals surface area contributed by atoms with Crippen LogP contribution in [0.2, 0.25) is 0 Å². The highest BCUT2D eigenvalue weighted by Gasteiger charge is 2.23. The van der Waals surface area contributed by atoms with Crippen LogP contribution >= 0.6 is 0 Å². The smallest absolute Gasteiger partial charge is 0.227 e. The molecule has 3 rings (SSSR count). The summed E-state index contributed by atoms with van der Waals surface area (Å²) < 4.78 is 0. The van der Waals surface area contributed by atoms with Crippen LogP contribution in [0.25, 0.3) is 10.8 Å². The topological polar surface area (TPSA) is 37.4 Å². The number of fused-ring (bicyclic) bond motifs is 1. The summed E-state index contributed by atoms with van der Waals surface area (Å²) in [5, 5.41) is 2.30. The first-order chi connectivity index (χ1) is 10.3. The molecule has 1 aliphatic rings. The first kappa shape index (κ1) is 13.8. The van der Waals surface area contributed by atoms with Gasteiger partial charge in [-0.05, 0) is 29.2 Å². The first-order valence-corrected chi connectivity index (χ1v) is 7.47. The van der Waals surface area contributed by atoms with Gasteiger partial charge in [-0.15, -0.1) is 0 Å². The van der Waals surface area contributed by atoms with Crippen molar-refractivity contribution < 1.29 is 9.59 Å². The van der Waals surface area contributed by atoms with Crippen molar-refractivity contribution in [3.63, 3.8) is 0 Å². The molecule has 3 heteroatoms. The summed E-state index contributed by atoms with van der Waals surface area (Å²) in [6.07, 6.45) is 3.22. The molecule has 108 valence electrons. The van der Waals surface area contributed by atoms with Crippen molar-refractivity contribution in [3.8, 4) is 0 Å². The minimum Gasteiger partial charge on any atom is -0.342 e. The maximum absolute atomic E-state index is 12.5. The fraction of sp³-hybridized carbons (Fsp3) is 0.333. The molecule has 0 radical (unpaired) electrons. The van der Waals surface area contributed by atoms with E-state index in [0.717, 1.165) is 42.0 Å². The van der Waals surface area contributed by atoms with Crippen molar-refractivity contribution in [1.82, 2.24) is 4.90 Å².